The van der Waals surface area contributed by atoms with Crippen LogP contribution in [0.2, 0.25) is 0 Å². The van der Waals surface area contributed by atoms with Gasteiger partial charge in [0.05, 0.1) is 18.8 Å². The average molecular weight is 416 g/mol. The lowest BCUT2D eigenvalue weighted by atomic mass is 9.94. The van der Waals surface area contributed by atoms with Crippen LogP contribution >= 0.6 is 0 Å². The van der Waals surface area contributed by atoms with Gasteiger partial charge >= 0.3 is 0 Å². The first-order valence-corrected chi connectivity index (χ1v) is 11.4. The van der Waals surface area contributed by atoms with Crippen LogP contribution in [0.25, 0.3) is 0 Å². The van der Waals surface area contributed by atoms with E-state index < -0.39 is 0 Å². The molecule has 2 aliphatic heterocycles. The number of ether oxygens (including phenoxy) is 1. The van der Waals surface area contributed by atoms with Gasteiger partial charge in [-0.2, -0.15) is 0 Å². The SMILES string of the molecule is CCC(C)c1ccc(NC(=O)CN2CCC(C(=O)N3CC(C)OC(C)C3)CC2)cc1. The maximum atomic E-state index is 12.9. The van der Waals surface area contributed by atoms with E-state index in [1.807, 2.05) is 30.9 Å². The van der Waals surface area contributed by atoms with E-state index in [2.05, 4.69) is 36.2 Å². The Bertz CT molecular complexity index is 703. The molecule has 2 saturated heterocycles. The van der Waals surface area contributed by atoms with Gasteiger partial charge < -0.3 is 15.0 Å². The Balaban J connectivity index is 1.43. The minimum Gasteiger partial charge on any atom is -0.372 e. The molecular formula is C24H37N3O3. The number of nitrogens with one attached hydrogen (secondary N) is 1. The second-order valence-electron chi connectivity index (χ2n) is 9.03. The number of morpholine rings is 1. The summed E-state index contributed by atoms with van der Waals surface area (Å²) < 4.78 is 5.74. The molecule has 2 amide bonds. The van der Waals surface area contributed by atoms with Crippen LogP contribution in [-0.2, 0) is 14.3 Å². The fourth-order valence-corrected chi connectivity index (χ4v) is 4.49. The molecule has 2 heterocycles. The van der Waals surface area contributed by atoms with E-state index in [4.69, 9.17) is 4.74 Å². The number of nitrogens with zero attached hydrogens (tertiary/aromatic N) is 2. The highest BCUT2D eigenvalue weighted by Gasteiger charge is 2.32. The third-order valence-electron chi connectivity index (χ3n) is 6.41. The molecule has 2 aliphatic rings. The van der Waals surface area contributed by atoms with Gasteiger partial charge in [-0.15, -0.1) is 0 Å². The summed E-state index contributed by atoms with van der Waals surface area (Å²) in [4.78, 5) is 29.4. The predicted molar refractivity (Wildman–Crippen MR) is 120 cm³/mol. The zero-order chi connectivity index (χ0) is 21.7. The van der Waals surface area contributed by atoms with E-state index in [9.17, 15) is 9.59 Å². The van der Waals surface area contributed by atoms with E-state index in [0.717, 1.165) is 38.0 Å². The lowest BCUT2D eigenvalue weighted by molar-refractivity contribution is -0.148. The largest absolute Gasteiger partial charge is 0.372 e. The molecule has 1 aromatic rings. The molecule has 3 atom stereocenters. The standard InChI is InChI=1S/C24H37N3O3/c1-5-17(2)20-6-8-22(9-7-20)25-23(28)16-26-12-10-21(11-13-26)24(29)27-14-18(3)30-19(4)15-27/h6-9,17-19,21H,5,10-16H2,1-4H3,(H,25,28). The van der Waals surface area contributed by atoms with Crippen molar-refractivity contribution in [1.82, 2.24) is 9.80 Å². The van der Waals surface area contributed by atoms with Crippen molar-refractivity contribution in [3.05, 3.63) is 29.8 Å². The van der Waals surface area contributed by atoms with E-state index in [1.165, 1.54) is 5.56 Å². The lowest BCUT2D eigenvalue weighted by Crippen LogP contribution is -2.51. The van der Waals surface area contributed by atoms with E-state index in [1.54, 1.807) is 0 Å². The summed E-state index contributed by atoms with van der Waals surface area (Å²) in [5, 5.41) is 3.00. The molecule has 0 aliphatic carbocycles. The third kappa shape index (κ3) is 6.05. The average Bonchev–Trinajstić information content (AvgIpc) is 2.73. The van der Waals surface area contributed by atoms with Gasteiger partial charge in [0.15, 0.2) is 0 Å². The molecule has 0 aromatic heterocycles. The summed E-state index contributed by atoms with van der Waals surface area (Å²) in [6, 6.07) is 8.14. The summed E-state index contributed by atoms with van der Waals surface area (Å²) in [6.07, 6.45) is 2.93. The Kier molecular flexibility index (Phi) is 7.89. The molecule has 1 aromatic carbocycles. The van der Waals surface area contributed by atoms with Gasteiger partial charge in [-0.05, 0) is 69.8 Å². The van der Waals surface area contributed by atoms with Gasteiger partial charge in [-0.25, -0.2) is 0 Å². The maximum Gasteiger partial charge on any atom is 0.238 e. The lowest BCUT2D eigenvalue weighted by Gasteiger charge is -2.39. The normalized spacial score (nSPS) is 24.5. The summed E-state index contributed by atoms with van der Waals surface area (Å²) in [6.45, 7) is 11.7. The van der Waals surface area contributed by atoms with Crippen molar-refractivity contribution in [2.45, 2.75) is 65.1 Å². The van der Waals surface area contributed by atoms with Crippen molar-refractivity contribution in [2.24, 2.45) is 5.92 Å². The van der Waals surface area contributed by atoms with Crippen molar-refractivity contribution >= 4 is 17.5 Å². The fraction of sp³-hybridized carbons (Fsp3) is 0.667. The summed E-state index contributed by atoms with van der Waals surface area (Å²) in [7, 11) is 0. The molecule has 6 heteroatoms. The number of carbonyl (C=O) groups is 2. The summed E-state index contributed by atoms with van der Waals surface area (Å²) in [5.74, 6) is 0.854. The van der Waals surface area contributed by atoms with E-state index in [0.29, 0.717) is 25.6 Å². The Morgan fingerprint density at radius 2 is 1.70 bits per heavy atom. The number of amides is 2. The number of hydrogen-bond acceptors (Lipinski definition) is 4. The highest BCUT2D eigenvalue weighted by molar-refractivity contribution is 5.92. The maximum absolute atomic E-state index is 12.9. The zero-order valence-electron chi connectivity index (χ0n) is 18.9. The van der Waals surface area contributed by atoms with E-state index >= 15 is 0 Å². The number of anilines is 1. The molecule has 6 nitrogen and oxygen atoms in total. The first-order valence-electron chi connectivity index (χ1n) is 11.4. The Labute approximate surface area is 180 Å². The fourth-order valence-electron chi connectivity index (χ4n) is 4.49. The number of carbonyl (C=O) groups excluding carboxylic acids is 2. The molecule has 0 radical (unpaired) electrons. The topological polar surface area (TPSA) is 61.9 Å². The van der Waals surface area contributed by atoms with Gasteiger partial charge in [0, 0.05) is 24.7 Å². The highest BCUT2D eigenvalue weighted by atomic mass is 16.5. The molecule has 2 fully saturated rings. The van der Waals surface area contributed by atoms with E-state index in [-0.39, 0.29) is 29.9 Å². The van der Waals surface area contributed by atoms with Crippen LogP contribution in [-0.4, -0.2) is 66.5 Å². The van der Waals surface area contributed by atoms with Gasteiger partial charge in [0.2, 0.25) is 11.8 Å². The molecule has 3 rings (SSSR count). The van der Waals surface area contributed by atoms with Crippen LogP contribution in [0.15, 0.2) is 24.3 Å². The van der Waals surface area contributed by atoms with Gasteiger partial charge in [-0.1, -0.05) is 26.0 Å². The third-order valence-corrected chi connectivity index (χ3v) is 6.41. The van der Waals surface area contributed by atoms with Crippen LogP contribution in [0, 0.1) is 5.92 Å². The first-order chi connectivity index (χ1) is 14.4. The van der Waals surface area contributed by atoms with Gasteiger partial charge in [-0.3, -0.25) is 14.5 Å². The van der Waals surface area contributed by atoms with Crippen LogP contribution in [0.1, 0.15) is 58.4 Å². The Morgan fingerprint density at radius 1 is 1.10 bits per heavy atom. The van der Waals surface area contributed by atoms with Gasteiger partial charge in [0.1, 0.15) is 0 Å². The number of likely N-dealkylation sites (tertiary alicyclic amines) is 1. The molecule has 0 spiro atoms. The van der Waals surface area contributed by atoms with Crippen molar-refractivity contribution in [1.29, 1.82) is 0 Å². The monoisotopic (exact) mass is 415 g/mol. The molecule has 1 N–H and O–H groups in total. The molecule has 0 bridgehead atoms. The Morgan fingerprint density at radius 3 is 2.27 bits per heavy atom. The molecular weight excluding hydrogens is 378 g/mol. The van der Waals surface area contributed by atoms with Gasteiger partial charge in [0.25, 0.3) is 0 Å². The number of rotatable bonds is 6. The minimum atomic E-state index is 0.00638. The van der Waals surface area contributed by atoms with Crippen LogP contribution in [0.5, 0.6) is 0 Å². The van der Waals surface area contributed by atoms with Crippen molar-refractivity contribution in [2.75, 3.05) is 38.0 Å². The number of hydrogen-bond donors (Lipinski definition) is 1. The smallest absolute Gasteiger partial charge is 0.238 e. The highest BCUT2D eigenvalue weighted by Crippen LogP contribution is 2.23. The Hall–Kier alpha value is -1.92. The van der Waals surface area contributed by atoms with Crippen LogP contribution in [0.3, 0.4) is 0 Å². The summed E-state index contributed by atoms with van der Waals surface area (Å²) >= 11 is 0. The minimum absolute atomic E-state index is 0.00638. The zero-order valence-corrected chi connectivity index (χ0v) is 18.9. The van der Waals surface area contributed by atoms with Crippen molar-refractivity contribution in [3.8, 4) is 0 Å². The van der Waals surface area contributed by atoms with Crippen LogP contribution < -0.4 is 5.32 Å². The second-order valence-corrected chi connectivity index (χ2v) is 9.03. The number of piperidine rings is 1. The quantitative estimate of drug-likeness (QED) is 0.773. The first kappa shape index (κ1) is 22.8. The molecule has 30 heavy (non-hydrogen) atoms. The summed E-state index contributed by atoms with van der Waals surface area (Å²) in [5.41, 5.74) is 2.14. The van der Waals surface area contributed by atoms with Crippen molar-refractivity contribution in [3.63, 3.8) is 0 Å². The molecule has 166 valence electrons. The second kappa shape index (κ2) is 10.4. The van der Waals surface area contributed by atoms with Crippen molar-refractivity contribution < 1.29 is 14.3 Å². The molecule has 0 saturated carbocycles. The predicted octanol–water partition coefficient (Wildman–Crippen LogP) is 3.49. The molecule has 3 unspecified atom stereocenters. The number of benzene rings is 1. The van der Waals surface area contributed by atoms with Crippen LogP contribution in [0.4, 0.5) is 5.69 Å².